The zero-order valence-electron chi connectivity index (χ0n) is 17.5. The first kappa shape index (κ1) is 24.9. The summed E-state index contributed by atoms with van der Waals surface area (Å²) in [4.78, 5) is 22.9. The average molecular weight is 371 g/mol. The summed E-state index contributed by atoms with van der Waals surface area (Å²) in [6.45, 7) is 5.05. The van der Waals surface area contributed by atoms with Crippen LogP contribution < -0.4 is 0 Å². The van der Waals surface area contributed by atoms with Gasteiger partial charge in [-0.15, -0.1) is 0 Å². The minimum Gasteiger partial charge on any atom is -0.469 e. The molecular weight excluding hydrogens is 328 g/mol. The van der Waals surface area contributed by atoms with Crippen molar-refractivity contribution in [3.8, 4) is 0 Å². The third-order valence-electron chi connectivity index (χ3n) is 4.90. The fourth-order valence-corrected chi connectivity index (χ4v) is 3.12. The van der Waals surface area contributed by atoms with E-state index in [9.17, 15) is 9.59 Å². The number of ether oxygens (including phenoxy) is 2. The number of methoxy groups -OCH3 is 1. The lowest BCUT2D eigenvalue weighted by Gasteiger charge is -2.16. The maximum Gasteiger partial charge on any atom is 0.305 e. The van der Waals surface area contributed by atoms with E-state index < -0.39 is 0 Å². The van der Waals surface area contributed by atoms with Crippen LogP contribution in [0.25, 0.3) is 0 Å². The monoisotopic (exact) mass is 370 g/mol. The van der Waals surface area contributed by atoms with Gasteiger partial charge in [0.15, 0.2) is 0 Å². The highest BCUT2D eigenvalue weighted by molar-refractivity contribution is 5.69. The molecule has 0 radical (unpaired) electrons. The molecular formula is C22H42O4. The van der Waals surface area contributed by atoms with Gasteiger partial charge < -0.3 is 9.47 Å². The molecule has 0 aromatic carbocycles. The first-order chi connectivity index (χ1) is 12.6. The van der Waals surface area contributed by atoms with Gasteiger partial charge in [0.25, 0.3) is 0 Å². The Bertz CT molecular complexity index is 341. The summed E-state index contributed by atoms with van der Waals surface area (Å²) in [6.07, 6.45) is 15.8. The fourth-order valence-electron chi connectivity index (χ4n) is 3.12. The van der Waals surface area contributed by atoms with Gasteiger partial charge >= 0.3 is 11.9 Å². The van der Waals surface area contributed by atoms with Gasteiger partial charge in [0, 0.05) is 12.8 Å². The van der Waals surface area contributed by atoms with Crippen LogP contribution in [0.15, 0.2) is 0 Å². The van der Waals surface area contributed by atoms with Gasteiger partial charge in [0.05, 0.1) is 13.7 Å². The molecule has 0 saturated carbocycles. The van der Waals surface area contributed by atoms with Crippen molar-refractivity contribution in [2.24, 2.45) is 5.92 Å². The Morgan fingerprint density at radius 3 is 1.85 bits per heavy atom. The lowest BCUT2D eigenvalue weighted by Crippen LogP contribution is -2.14. The van der Waals surface area contributed by atoms with E-state index >= 15 is 0 Å². The molecule has 0 aromatic heterocycles. The molecule has 0 bridgehead atoms. The molecule has 26 heavy (non-hydrogen) atoms. The molecule has 0 heterocycles. The summed E-state index contributed by atoms with van der Waals surface area (Å²) in [5.74, 6) is 0.351. The first-order valence-corrected chi connectivity index (χ1v) is 10.9. The lowest BCUT2D eigenvalue weighted by atomic mass is 9.96. The zero-order chi connectivity index (χ0) is 19.5. The summed E-state index contributed by atoms with van der Waals surface area (Å²) in [6, 6.07) is 0. The molecule has 0 rings (SSSR count). The van der Waals surface area contributed by atoms with Gasteiger partial charge in [-0.1, -0.05) is 71.6 Å². The number of unbranched alkanes of at least 4 members (excludes halogenated alkanes) is 8. The SMILES string of the molecule is CCCCCCC(CCCC)COC(=O)CCCCCCCC(=O)OC. The highest BCUT2D eigenvalue weighted by atomic mass is 16.5. The molecule has 4 heteroatoms. The molecule has 1 unspecified atom stereocenters. The molecule has 0 aliphatic rings. The van der Waals surface area contributed by atoms with Crippen molar-refractivity contribution < 1.29 is 19.1 Å². The minimum absolute atomic E-state index is 0.0467. The standard InChI is InChI=1S/C22H42O4/c1-4-6-8-12-16-20(15-7-5-2)19-26-22(24)18-14-11-9-10-13-17-21(23)25-3/h20H,4-19H2,1-3H3. The lowest BCUT2D eigenvalue weighted by molar-refractivity contribution is -0.145. The van der Waals surface area contributed by atoms with E-state index in [2.05, 4.69) is 18.6 Å². The van der Waals surface area contributed by atoms with Crippen LogP contribution >= 0.6 is 0 Å². The van der Waals surface area contributed by atoms with Crippen LogP contribution in [0, 0.1) is 5.92 Å². The number of hydrogen-bond acceptors (Lipinski definition) is 4. The third kappa shape index (κ3) is 16.4. The Hall–Kier alpha value is -1.06. The molecule has 154 valence electrons. The Kier molecular flexibility index (Phi) is 18.0. The van der Waals surface area contributed by atoms with Crippen LogP contribution in [0.3, 0.4) is 0 Å². The van der Waals surface area contributed by atoms with Gasteiger partial charge in [-0.3, -0.25) is 9.59 Å². The minimum atomic E-state index is -0.138. The van der Waals surface area contributed by atoms with Crippen molar-refractivity contribution in [1.29, 1.82) is 0 Å². The largest absolute Gasteiger partial charge is 0.469 e. The van der Waals surface area contributed by atoms with Crippen LogP contribution in [0.4, 0.5) is 0 Å². The summed E-state index contributed by atoms with van der Waals surface area (Å²) in [5.41, 5.74) is 0. The maximum absolute atomic E-state index is 11.9. The number of rotatable bonds is 18. The molecule has 0 amide bonds. The summed E-state index contributed by atoms with van der Waals surface area (Å²) in [5, 5.41) is 0. The number of hydrogen-bond donors (Lipinski definition) is 0. The van der Waals surface area contributed by atoms with E-state index in [1.54, 1.807) is 0 Å². The summed E-state index contributed by atoms with van der Waals surface area (Å²) in [7, 11) is 1.42. The number of carbonyl (C=O) groups is 2. The normalized spacial score (nSPS) is 12.0. The molecule has 0 fully saturated rings. The third-order valence-corrected chi connectivity index (χ3v) is 4.90. The Labute approximate surface area is 161 Å². The molecule has 0 aliphatic heterocycles. The van der Waals surface area contributed by atoms with Gasteiger partial charge in [-0.25, -0.2) is 0 Å². The summed E-state index contributed by atoms with van der Waals surface area (Å²) < 4.78 is 10.1. The van der Waals surface area contributed by atoms with Gasteiger partial charge in [-0.2, -0.15) is 0 Å². The highest BCUT2D eigenvalue weighted by Crippen LogP contribution is 2.18. The molecule has 0 N–H and O–H groups in total. The topological polar surface area (TPSA) is 52.6 Å². The van der Waals surface area contributed by atoms with E-state index in [0.29, 0.717) is 25.4 Å². The van der Waals surface area contributed by atoms with Crippen molar-refractivity contribution in [2.75, 3.05) is 13.7 Å². The van der Waals surface area contributed by atoms with Crippen molar-refractivity contribution in [3.05, 3.63) is 0 Å². The van der Waals surface area contributed by atoms with Crippen molar-refractivity contribution in [2.45, 2.75) is 110 Å². The average Bonchev–Trinajstić information content (AvgIpc) is 2.65. The fraction of sp³-hybridized carbons (Fsp3) is 0.909. The van der Waals surface area contributed by atoms with E-state index in [0.717, 1.165) is 32.1 Å². The second-order valence-electron chi connectivity index (χ2n) is 7.38. The maximum atomic E-state index is 11.9. The number of carbonyl (C=O) groups excluding carboxylic acids is 2. The summed E-state index contributed by atoms with van der Waals surface area (Å²) >= 11 is 0. The van der Waals surface area contributed by atoms with Crippen LogP contribution in [-0.2, 0) is 19.1 Å². The van der Waals surface area contributed by atoms with Crippen LogP contribution in [0.1, 0.15) is 110 Å². The Morgan fingerprint density at radius 2 is 1.23 bits per heavy atom. The molecule has 0 aliphatic carbocycles. The second-order valence-corrected chi connectivity index (χ2v) is 7.38. The predicted octanol–water partition coefficient (Wildman–Crippen LogP) is 6.21. The smallest absolute Gasteiger partial charge is 0.305 e. The van der Waals surface area contributed by atoms with E-state index in [1.807, 2.05) is 0 Å². The predicted molar refractivity (Wildman–Crippen MR) is 107 cm³/mol. The van der Waals surface area contributed by atoms with Crippen molar-refractivity contribution in [1.82, 2.24) is 0 Å². The number of esters is 2. The zero-order valence-corrected chi connectivity index (χ0v) is 17.5. The quantitative estimate of drug-likeness (QED) is 0.212. The van der Waals surface area contributed by atoms with Gasteiger partial charge in [0.2, 0.25) is 0 Å². The molecule has 0 aromatic rings. The first-order valence-electron chi connectivity index (χ1n) is 10.9. The highest BCUT2D eigenvalue weighted by Gasteiger charge is 2.12. The van der Waals surface area contributed by atoms with E-state index in [1.165, 1.54) is 58.5 Å². The van der Waals surface area contributed by atoms with Crippen LogP contribution in [-0.4, -0.2) is 25.7 Å². The van der Waals surface area contributed by atoms with Crippen LogP contribution in [0.5, 0.6) is 0 Å². The molecule has 4 nitrogen and oxygen atoms in total. The van der Waals surface area contributed by atoms with Gasteiger partial charge in [0.1, 0.15) is 0 Å². The van der Waals surface area contributed by atoms with Crippen molar-refractivity contribution in [3.63, 3.8) is 0 Å². The molecule has 0 spiro atoms. The molecule has 1 atom stereocenters. The Morgan fingerprint density at radius 1 is 0.692 bits per heavy atom. The van der Waals surface area contributed by atoms with E-state index in [4.69, 9.17) is 4.74 Å². The van der Waals surface area contributed by atoms with E-state index in [-0.39, 0.29) is 11.9 Å². The molecule has 0 saturated heterocycles. The van der Waals surface area contributed by atoms with Gasteiger partial charge in [-0.05, 0) is 31.6 Å². The Balaban J connectivity index is 3.71. The van der Waals surface area contributed by atoms with Crippen molar-refractivity contribution >= 4 is 11.9 Å². The second kappa shape index (κ2) is 18.7. The van der Waals surface area contributed by atoms with Crippen LogP contribution in [0.2, 0.25) is 0 Å².